The van der Waals surface area contributed by atoms with Crippen molar-refractivity contribution in [2.24, 2.45) is 0 Å². The molecule has 0 aliphatic carbocycles. The lowest BCUT2D eigenvalue weighted by atomic mass is 10.0. The summed E-state index contributed by atoms with van der Waals surface area (Å²) in [6, 6.07) is 0. The first kappa shape index (κ1) is 35.0. The second-order valence-corrected chi connectivity index (χ2v) is 11.9. The molecule has 0 N–H and O–H groups in total. The van der Waals surface area contributed by atoms with Crippen LogP contribution < -0.4 is 0 Å². The number of thioether (sulfide) groups is 1. The molecule has 3 atom stereocenters. The first-order valence-electron chi connectivity index (χ1n) is 14.5. The molecule has 3 nitrogen and oxygen atoms in total. The maximum absolute atomic E-state index is 6.09. The van der Waals surface area contributed by atoms with Crippen LogP contribution in [0.25, 0.3) is 0 Å². The molecular formula is C27H57BO3S3. The Morgan fingerprint density at radius 2 is 0.912 bits per heavy atom. The lowest BCUT2D eigenvalue weighted by Gasteiger charge is -2.24. The van der Waals surface area contributed by atoms with Crippen LogP contribution in [0.5, 0.6) is 0 Å². The van der Waals surface area contributed by atoms with E-state index in [1.54, 1.807) is 0 Å². The van der Waals surface area contributed by atoms with Crippen molar-refractivity contribution in [3.8, 4) is 0 Å². The molecule has 0 aromatic rings. The third kappa shape index (κ3) is 23.4. The van der Waals surface area contributed by atoms with Crippen molar-refractivity contribution in [3.63, 3.8) is 0 Å². The number of unbranched alkanes of at least 4 members (excludes halogenated alkanes) is 15. The van der Waals surface area contributed by atoms with Crippen LogP contribution in [0.4, 0.5) is 0 Å². The van der Waals surface area contributed by atoms with Crippen LogP contribution in [0.15, 0.2) is 0 Å². The van der Waals surface area contributed by atoms with E-state index in [9.17, 15) is 0 Å². The highest BCUT2D eigenvalue weighted by Crippen LogP contribution is 2.22. The summed E-state index contributed by atoms with van der Waals surface area (Å²) in [5, 5.41) is 0. The fraction of sp³-hybridized carbons (Fsp3) is 1.00. The molecule has 0 aromatic carbocycles. The van der Waals surface area contributed by atoms with Crippen molar-refractivity contribution >= 4 is 44.3 Å². The Labute approximate surface area is 229 Å². The van der Waals surface area contributed by atoms with Crippen LogP contribution >= 0.6 is 37.0 Å². The predicted molar refractivity (Wildman–Crippen MR) is 161 cm³/mol. The summed E-state index contributed by atoms with van der Waals surface area (Å²) >= 11 is 10.7. The summed E-state index contributed by atoms with van der Waals surface area (Å²) < 4.78 is 17.7. The monoisotopic (exact) mass is 536 g/mol. The Hall–Kier alpha value is 0.995. The van der Waals surface area contributed by atoms with Crippen molar-refractivity contribution in [2.75, 3.05) is 5.75 Å². The average molecular weight is 537 g/mol. The summed E-state index contributed by atoms with van der Waals surface area (Å²) in [7, 11) is -0.701. The van der Waals surface area contributed by atoms with E-state index >= 15 is 0 Å². The molecule has 0 amide bonds. The van der Waals surface area contributed by atoms with E-state index in [1.165, 1.54) is 103 Å². The van der Waals surface area contributed by atoms with E-state index in [1.807, 2.05) is 25.6 Å². The highest BCUT2D eigenvalue weighted by Gasteiger charge is 2.29. The smallest absolute Gasteiger partial charge is 0.374 e. The summed E-state index contributed by atoms with van der Waals surface area (Å²) in [4.78, 5) is 0. The summed E-state index contributed by atoms with van der Waals surface area (Å²) in [6.07, 6.45) is 25.0. The molecule has 0 aliphatic rings. The van der Waals surface area contributed by atoms with Gasteiger partial charge < -0.3 is 14.0 Å². The topological polar surface area (TPSA) is 27.7 Å². The van der Waals surface area contributed by atoms with Crippen molar-refractivity contribution in [3.05, 3.63) is 0 Å². The number of hydrogen-bond acceptors (Lipinski definition) is 6. The molecule has 0 saturated heterocycles. The van der Waals surface area contributed by atoms with Crippen LogP contribution in [0.2, 0.25) is 0 Å². The number of rotatable bonds is 27. The Morgan fingerprint density at radius 1 is 0.529 bits per heavy atom. The van der Waals surface area contributed by atoms with Gasteiger partial charge in [0, 0.05) is 0 Å². The van der Waals surface area contributed by atoms with E-state index < -0.39 is 7.32 Å². The van der Waals surface area contributed by atoms with Gasteiger partial charge in [0.15, 0.2) is 0 Å². The van der Waals surface area contributed by atoms with E-state index in [0.717, 1.165) is 25.0 Å². The van der Waals surface area contributed by atoms with E-state index in [0.29, 0.717) is 0 Å². The Bertz CT molecular complexity index is 395. The Kier molecular flexibility index (Phi) is 27.8. The van der Waals surface area contributed by atoms with E-state index in [-0.39, 0.29) is 16.3 Å². The summed E-state index contributed by atoms with van der Waals surface area (Å²) in [5.41, 5.74) is -0.299. The fourth-order valence-corrected chi connectivity index (χ4v) is 5.02. The lowest BCUT2D eigenvalue weighted by Crippen LogP contribution is -2.35. The third-order valence-electron chi connectivity index (χ3n) is 6.13. The quantitative estimate of drug-likeness (QED) is 0.0473. The van der Waals surface area contributed by atoms with Gasteiger partial charge in [-0.15, -0.1) is 37.0 Å². The minimum atomic E-state index is -0.701. The molecule has 0 rings (SSSR count). The first-order valence-corrected chi connectivity index (χ1v) is 16.6. The van der Waals surface area contributed by atoms with E-state index in [2.05, 4.69) is 39.1 Å². The lowest BCUT2D eigenvalue weighted by molar-refractivity contribution is 0.0676. The van der Waals surface area contributed by atoms with Crippen LogP contribution in [0, 0.1) is 0 Å². The van der Waals surface area contributed by atoms with Crippen LogP contribution in [-0.2, 0) is 14.0 Å². The zero-order valence-corrected chi connectivity index (χ0v) is 25.6. The minimum Gasteiger partial charge on any atom is -0.374 e. The normalized spacial score (nSPS) is 14.3. The van der Waals surface area contributed by atoms with Crippen LogP contribution in [0.1, 0.15) is 150 Å². The van der Waals surface area contributed by atoms with Gasteiger partial charge in [-0.1, -0.05) is 124 Å². The maximum Gasteiger partial charge on any atom is 0.641 e. The second kappa shape index (κ2) is 27.0. The number of hydrogen-bond donors (Lipinski definition) is 2. The summed E-state index contributed by atoms with van der Waals surface area (Å²) in [5.74, 6) is 1.12. The van der Waals surface area contributed by atoms with Crippen LogP contribution in [-0.4, -0.2) is 29.4 Å². The third-order valence-corrected chi connectivity index (χ3v) is 8.45. The van der Waals surface area contributed by atoms with E-state index in [4.69, 9.17) is 14.0 Å². The number of thiol groups is 2. The molecule has 0 aromatic heterocycles. The molecule has 0 spiro atoms. The zero-order chi connectivity index (χ0) is 25.3. The SMILES string of the molecule is CCCCCCCCCCCCCCCCCCSC(CC)OB(OC(S)CC)OC(S)CC. The van der Waals surface area contributed by atoms with Crippen molar-refractivity contribution < 1.29 is 14.0 Å². The average Bonchev–Trinajstić information content (AvgIpc) is 2.84. The molecule has 0 heterocycles. The van der Waals surface area contributed by atoms with Gasteiger partial charge in [-0.3, -0.25) is 0 Å². The van der Waals surface area contributed by atoms with Gasteiger partial charge in [-0.2, -0.15) is 0 Å². The van der Waals surface area contributed by atoms with Gasteiger partial charge in [0.05, 0.1) is 16.3 Å². The van der Waals surface area contributed by atoms with Gasteiger partial charge in [-0.05, 0) is 31.4 Å². The molecular weight excluding hydrogens is 479 g/mol. The minimum absolute atomic E-state index is 0.0797. The van der Waals surface area contributed by atoms with Gasteiger partial charge in [0.2, 0.25) is 0 Å². The standard InChI is InChI=1S/C27H57BO3S3/c1-5-9-10-11-12-13-14-15-16-17-18-19-20-21-22-23-24-34-27(8-4)31-28(29-25(32)6-2)30-26(33)7-3/h25-27,32-33H,5-24H2,1-4H3. The molecule has 3 unspecified atom stereocenters. The molecule has 7 heteroatoms. The Balaban J connectivity index is 3.66. The molecule has 0 aliphatic heterocycles. The molecule has 0 bridgehead atoms. The van der Waals surface area contributed by atoms with Crippen molar-refractivity contribution in [2.45, 2.75) is 166 Å². The van der Waals surface area contributed by atoms with Gasteiger partial charge in [0.1, 0.15) is 0 Å². The molecule has 0 radical (unpaired) electrons. The summed E-state index contributed by atoms with van der Waals surface area (Å²) in [6.45, 7) is 8.52. The van der Waals surface area contributed by atoms with Gasteiger partial charge >= 0.3 is 7.32 Å². The predicted octanol–water partition coefficient (Wildman–Crippen LogP) is 10.1. The van der Waals surface area contributed by atoms with Crippen LogP contribution in [0.3, 0.4) is 0 Å². The highest BCUT2D eigenvalue weighted by atomic mass is 32.2. The molecule has 204 valence electrons. The maximum atomic E-state index is 6.09. The molecule has 0 fully saturated rings. The molecule has 0 saturated carbocycles. The molecule has 34 heavy (non-hydrogen) atoms. The van der Waals surface area contributed by atoms with Gasteiger partial charge in [0.25, 0.3) is 0 Å². The van der Waals surface area contributed by atoms with Gasteiger partial charge in [-0.25, -0.2) is 0 Å². The van der Waals surface area contributed by atoms with Crippen molar-refractivity contribution in [1.29, 1.82) is 0 Å². The fourth-order valence-electron chi connectivity index (χ4n) is 3.79. The zero-order valence-electron chi connectivity index (χ0n) is 23.0. The highest BCUT2D eigenvalue weighted by molar-refractivity contribution is 7.99. The Morgan fingerprint density at radius 3 is 1.26 bits per heavy atom. The second-order valence-electron chi connectivity index (χ2n) is 9.43. The largest absolute Gasteiger partial charge is 0.641 e. The first-order chi connectivity index (χ1) is 16.6. The van der Waals surface area contributed by atoms with Crippen molar-refractivity contribution in [1.82, 2.24) is 0 Å².